The number of aromatic nitrogens is 4. The third kappa shape index (κ3) is 4.44. The monoisotopic (exact) mass is 481 g/mol. The average Bonchev–Trinajstić information content (AvgIpc) is 3.45. The van der Waals surface area contributed by atoms with Gasteiger partial charge in [-0.2, -0.15) is 9.78 Å². The van der Waals surface area contributed by atoms with E-state index < -0.39 is 0 Å². The number of benzene rings is 2. The molecule has 3 heterocycles. The Balaban J connectivity index is 1.33. The lowest BCUT2D eigenvalue weighted by Gasteiger charge is -2.34. The minimum Gasteiger partial charge on any atom is -0.369 e. The maximum Gasteiger partial charge on any atom is 0.282 e. The summed E-state index contributed by atoms with van der Waals surface area (Å²) in [6, 6.07) is 18.0. The Morgan fingerprint density at radius 1 is 0.889 bits per heavy atom. The zero-order valence-electron chi connectivity index (χ0n) is 20.6. The summed E-state index contributed by atoms with van der Waals surface area (Å²) >= 11 is 0. The van der Waals surface area contributed by atoms with Gasteiger partial charge in [0.2, 0.25) is 5.95 Å². The molecule has 0 unspecified atom stereocenters. The third-order valence-electron chi connectivity index (χ3n) is 7.40. The van der Waals surface area contributed by atoms with E-state index in [-0.39, 0.29) is 5.56 Å². The van der Waals surface area contributed by atoms with Crippen molar-refractivity contribution in [2.75, 3.05) is 43.4 Å². The zero-order chi connectivity index (χ0) is 24.5. The maximum atomic E-state index is 13.4. The summed E-state index contributed by atoms with van der Waals surface area (Å²) in [5, 5.41) is 8.68. The Morgan fingerprint density at radius 3 is 2.33 bits per heavy atom. The van der Waals surface area contributed by atoms with E-state index in [4.69, 9.17) is 10.1 Å². The number of hydrogen-bond donors (Lipinski definition) is 1. The SMILES string of the molecule is CN1CCN(c2ccc(Nc3ncc4c(=O)n(-c5ccccc5)nc(C5CCCC5)c4n3)cc2)CC1. The van der Waals surface area contributed by atoms with Gasteiger partial charge in [-0.3, -0.25) is 4.79 Å². The summed E-state index contributed by atoms with van der Waals surface area (Å²) in [6.07, 6.45) is 6.12. The normalized spacial score (nSPS) is 17.1. The Hall–Kier alpha value is -3.78. The first kappa shape index (κ1) is 22.7. The van der Waals surface area contributed by atoms with E-state index >= 15 is 0 Å². The molecule has 0 radical (unpaired) electrons. The molecule has 0 atom stereocenters. The fraction of sp³-hybridized carbons (Fsp3) is 0.357. The molecule has 2 aromatic heterocycles. The summed E-state index contributed by atoms with van der Waals surface area (Å²) in [6.45, 7) is 4.23. The van der Waals surface area contributed by atoms with Crippen molar-refractivity contribution in [1.82, 2.24) is 24.6 Å². The van der Waals surface area contributed by atoms with Gasteiger partial charge < -0.3 is 15.1 Å². The van der Waals surface area contributed by atoms with E-state index in [1.165, 1.54) is 23.2 Å². The maximum absolute atomic E-state index is 13.4. The molecule has 1 saturated carbocycles. The predicted octanol–water partition coefficient (Wildman–Crippen LogP) is 4.33. The first-order chi connectivity index (χ1) is 17.7. The van der Waals surface area contributed by atoms with Crippen LogP contribution in [0.5, 0.6) is 0 Å². The van der Waals surface area contributed by atoms with E-state index in [1.807, 2.05) is 30.3 Å². The molecule has 1 aliphatic heterocycles. The van der Waals surface area contributed by atoms with Gasteiger partial charge in [0.15, 0.2) is 0 Å². The highest BCUT2D eigenvalue weighted by Gasteiger charge is 2.25. The van der Waals surface area contributed by atoms with Crippen molar-refractivity contribution in [3.8, 4) is 5.69 Å². The smallest absolute Gasteiger partial charge is 0.282 e. The zero-order valence-corrected chi connectivity index (χ0v) is 20.6. The summed E-state index contributed by atoms with van der Waals surface area (Å²) < 4.78 is 1.50. The van der Waals surface area contributed by atoms with Crippen molar-refractivity contribution in [2.24, 2.45) is 0 Å². The molecular formula is C28H31N7O. The van der Waals surface area contributed by atoms with Crippen LogP contribution in [0.2, 0.25) is 0 Å². The second kappa shape index (κ2) is 9.70. The second-order valence-electron chi connectivity index (χ2n) is 9.84. The van der Waals surface area contributed by atoms with E-state index in [0.29, 0.717) is 22.8 Å². The average molecular weight is 482 g/mol. The molecule has 0 bridgehead atoms. The Morgan fingerprint density at radius 2 is 1.61 bits per heavy atom. The molecule has 0 spiro atoms. The van der Waals surface area contributed by atoms with Gasteiger partial charge in [-0.1, -0.05) is 31.0 Å². The van der Waals surface area contributed by atoms with Crippen molar-refractivity contribution in [3.63, 3.8) is 0 Å². The molecule has 1 saturated heterocycles. The summed E-state index contributed by atoms with van der Waals surface area (Å²) in [7, 11) is 2.17. The van der Waals surface area contributed by atoms with Crippen molar-refractivity contribution in [3.05, 3.63) is 76.8 Å². The minimum absolute atomic E-state index is 0.193. The molecule has 1 aliphatic carbocycles. The molecule has 36 heavy (non-hydrogen) atoms. The van der Waals surface area contributed by atoms with Gasteiger partial charge in [0, 0.05) is 49.7 Å². The van der Waals surface area contributed by atoms with Crippen LogP contribution < -0.4 is 15.8 Å². The number of piperazine rings is 1. The molecule has 1 N–H and O–H groups in total. The lowest BCUT2D eigenvalue weighted by molar-refractivity contribution is 0.313. The van der Waals surface area contributed by atoms with Gasteiger partial charge in [-0.05, 0) is 56.3 Å². The second-order valence-corrected chi connectivity index (χ2v) is 9.84. The largest absolute Gasteiger partial charge is 0.369 e. The van der Waals surface area contributed by atoms with Crippen LogP contribution in [-0.4, -0.2) is 57.9 Å². The number of fused-ring (bicyclic) bond motifs is 1. The molecule has 4 aromatic rings. The molecular weight excluding hydrogens is 450 g/mol. The topological polar surface area (TPSA) is 79.2 Å². The Bertz CT molecular complexity index is 1400. The van der Waals surface area contributed by atoms with Gasteiger partial charge in [-0.15, -0.1) is 0 Å². The highest BCUT2D eigenvalue weighted by molar-refractivity contribution is 5.81. The third-order valence-corrected chi connectivity index (χ3v) is 7.40. The predicted molar refractivity (Wildman–Crippen MR) is 144 cm³/mol. The first-order valence-electron chi connectivity index (χ1n) is 12.8. The summed E-state index contributed by atoms with van der Waals surface area (Å²) in [5.41, 5.74) is 4.25. The lowest BCUT2D eigenvalue weighted by atomic mass is 10.0. The van der Waals surface area contributed by atoms with Crippen LogP contribution in [0.1, 0.15) is 37.3 Å². The van der Waals surface area contributed by atoms with Gasteiger partial charge in [-0.25, -0.2) is 9.97 Å². The van der Waals surface area contributed by atoms with Crippen LogP contribution >= 0.6 is 0 Å². The van der Waals surface area contributed by atoms with Crippen LogP contribution in [-0.2, 0) is 0 Å². The van der Waals surface area contributed by atoms with Crippen molar-refractivity contribution in [1.29, 1.82) is 0 Å². The highest BCUT2D eigenvalue weighted by atomic mass is 16.1. The molecule has 6 rings (SSSR count). The minimum atomic E-state index is -0.193. The van der Waals surface area contributed by atoms with Crippen LogP contribution in [0.4, 0.5) is 17.3 Å². The van der Waals surface area contributed by atoms with E-state index in [0.717, 1.165) is 56.1 Å². The number of para-hydroxylation sites is 1. The van der Waals surface area contributed by atoms with Crippen LogP contribution in [0.25, 0.3) is 16.6 Å². The number of nitrogens with one attached hydrogen (secondary N) is 1. The highest BCUT2D eigenvalue weighted by Crippen LogP contribution is 2.35. The van der Waals surface area contributed by atoms with Crippen molar-refractivity contribution in [2.45, 2.75) is 31.6 Å². The van der Waals surface area contributed by atoms with Crippen LogP contribution in [0.15, 0.2) is 65.6 Å². The molecule has 184 valence electrons. The standard InChI is InChI=1S/C28H31N7O/c1-33-15-17-34(18-16-33)22-13-11-21(12-14-22)30-28-29-19-24-26(31-28)25(20-7-5-6-8-20)32-35(27(24)36)23-9-3-2-4-10-23/h2-4,9-14,19-20H,5-8,15-18H2,1H3,(H,29,30,31). The van der Waals surface area contributed by atoms with Crippen molar-refractivity contribution < 1.29 is 0 Å². The molecule has 8 nitrogen and oxygen atoms in total. The van der Waals surface area contributed by atoms with Gasteiger partial charge >= 0.3 is 0 Å². The fourth-order valence-corrected chi connectivity index (χ4v) is 5.28. The first-order valence-corrected chi connectivity index (χ1v) is 12.8. The lowest BCUT2D eigenvalue weighted by Crippen LogP contribution is -2.44. The van der Waals surface area contributed by atoms with Gasteiger partial charge in [0.05, 0.1) is 16.8 Å². The summed E-state index contributed by atoms with van der Waals surface area (Å²) in [4.78, 5) is 27.5. The Labute approximate surface area is 210 Å². The molecule has 2 fully saturated rings. The molecule has 8 heteroatoms. The van der Waals surface area contributed by atoms with Crippen LogP contribution in [0.3, 0.4) is 0 Å². The number of rotatable bonds is 5. The Kier molecular flexibility index (Phi) is 6.11. The number of likely N-dealkylation sites (N-methyl/N-ethyl adjacent to an activating group) is 1. The van der Waals surface area contributed by atoms with E-state index in [2.05, 4.69) is 51.4 Å². The summed E-state index contributed by atoms with van der Waals surface area (Å²) in [5.74, 6) is 0.779. The number of anilines is 3. The molecule has 2 aliphatic rings. The fourth-order valence-electron chi connectivity index (χ4n) is 5.28. The molecule has 2 aromatic carbocycles. The number of hydrogen-bond acceptors (Lipinski definition) is 7. The van der Waals surface area contributed by atoms with E-state index in [9.17, 15) is 4.79 Å². The number of nitrogens with zero attached hydrogens (tertiary/aromatic N) is 6. The van der Waals surface area contributed by atoms with Gasteiger partial charge in [0.1, 0.15) is 5.52 Å². The van der Waals surface area contributed by atoms with E-state index in [1.54, 1.807) is 6.20 Å². The molecule has 0 amide bonds. The van der Waals surface area contributed by atoms with Crippen LogP contribution in [0, 0.1) is 0 Å². The van der Waals surface area contributed by atoms with Crippen molar-refractivity contribution >= 4 is 28.2 Å². The van der Waals surface area contributed by atoms with Gasteiger partial charge in [0.25, 0.3) is 5.56 Å². The quantitative estimate of drug-likeness (QED) is 0.455.